The Balaban J connectivity index is 1.67. The first-order chi connectivity index (χ1) is 14.3. The van der Waals surface area contributed by atoms with Crippen molar-refractivity contribution < 1.29 is 13.2 Å². The maximum atomic E-state index is 12.5. The Morgan fingerprint density at radius 3 is 2.80 bits per heavy atom. The third-order valence-electron chi connectivity index (χ3n) is 4.32. The summed E-state index contributed by atoms with van der Waals surface area (Å²) in [7, 11) is -3.76. The van der Waals surface area contributed by atoms with Crippen molar-refractivity contribution in [3.8, 4) is 6.07 Å². The summed E-state index contributed by atoms with van der Waals surface area (Å²) in [5, 5.41) is 12.5. The fourth-order valence-electron chi connectivity index (χ4n) is 2.95. The number of amides is 1. The van der Waals surface area contributed by atoms with Gasteiger partial charge < -0.3 is 5.32 Å². The van der Waals surface area contributed by atoms with Crippen LogP contribution in [0.25, 0.3) is 0 Å². The number of benzene rings is 1. The highest BCUT2D eigenvalue weighted by molar-refractivity contribution is 8.00. The number of pyridine rings is 1. The van der Waals surface area contributed by atoms with Crippen LogP contribution in [0.2, 0.25) is 0 Å². The van der Waals surface area contributed by atoms with Crippen molar-refractivity contribution in [1.29, 1.82) is 5.26 Å². The Hall–Kier alpha value is -2.90. The first kappa shape index (κ1) is 21.8. The van der Waals surface area contributed by atoms with Gasteiger partial charge in [-0.25, -0.2) is 13.4 Å². The van der Waals surface area contributed by atoms with Crippen molar-refractivity contribution >= 4 is 39.2 Å². The number of nitrogens with one attached hydrogen (secondary N) is 2. The number of aliphatic imine (C=N–C) groups is 1. The number of aryl methyl sites for hydroxylation is 2. The van der Waals surface area contributed by atoms with Crippen molar-refractivity contribution in [2.45, 2.75) is 36.6 Å². The maximum Gasteiger partial charge on any atom is 0.262 e. The molecule has 0 spiro atoms. The zero-order valence-corrected chi connectivity index (χ0v) is 18.2. The molecular weight excluding hydrogens is 422 g/mol. The first-order valence-corrected chi connectivity index (χ1v) is 11.7. The van der Waals surface area contributed by atoms with Crippen molar-refractivity contribution in [1.82, 2.24) is 9.71 Å². The number of anilines is 1. The number of nitriles is 1. The molecule has 0 unspecified atom stereocenters. The highest BCUT2D eigenvalue weighted by Crippen LogP contribution is 2.24. The summed E-state index contributed by atoms with van der Waals surface area (Å²) in [6, 6.07) is 9.98. The molecule has 0 saturated heterocycles. The second kappa shape index (κ2) is 9.28. The summed E-state index contributed by atoms with van der Waals surface area (Å²) in [5.41, 5.74) is 2.40. The number of rotatable bonds is 6. The van der Waals surface area contributed by atoms with Gasteiger partial charge in [0, 0.05) is 24.3 Å². The largest absolute Gasteiger partial charge is 0.325 e. The lowest BCUT2D eigenvalue weighted by atomic mass is 10.1. The van der Waals surface area contributed by atoms with Gasteiger partial charge in [-0.3, -0.25) is 14.5 Å². The summed E-state index contributed by atoms with van der Waals surface area (Å²) in [6.07, 6.45) is 1.43. The van der Waals surface area contributed by atoms with E-state index in [4.69, 9.17) is 0 Å². The maximum absolute atomic E-state index is 12.5. The summed E-state index contributed by atoms with van der Waals surface area (Å²) in [5.74, 6) is 0.166. The third kappa shape index (κ3) is 5.37. The molecule has 1 aromatic carbocycles. The second-order valence-corrected chi connectivity index (χ2v) is 9.42. The number of aromatic nitrogens is 1. The van der Waals surface area contributed by atoms with Crippen LogP contribution in [0, 0.1) is 25.2 Å². The van der Waals surface area contributed by atoms with E-state index in [1.807, 2.05) is 19.9 Å². The van der Waals surface area contributed by atoms with Crippen LogP contribution >= 0.6 is 11.8 Å². The molecule has 1 amide bonds. The minimum absolute atomic E-state index is 0.0383. The van der Waals surface area contributed by atoms with Crippen LogP contribution in [-0.2, 0) is 14.8 Å². The van der Waals surface area contributed by atoms with Crippen LogP contribution in [0.3, 0.4) is 0 Å². The topological polar surface area (TPSA) is 124 Å². The molecule has 2 aromatic rings. The van der Waals surface area contributed by atoms with Gasteiger partial charge in [-0.15, -0.1) is 0 Å². The van der Waals surface area contributed by atoms with Crippen molar-refractivity contribution in [2.75, 3.05) is 17.6 Å². The minimum atomic E-state index is -3.76. The van der Waals surface area contributed by atoms with Gasteiger partial charge in [0.25, 0.3) is 10.0 Å². The summed E-state index contributed by atoms with van der Waals surface area (Å²) >= 11 is 1.17. The van der Waals surface area contributed by atoms with Gasteiger partial charge in [0.05, 0.1) is 16.2 Å². The molecule has 10 heteroatoms. The van der Waals surface area contributed by atoms with Crippen molar-refractivity contribution in [3.05, 3.63) is 47.2 Å². The standard InChI is InChI=1S/C20H21N5O3S2/c1-13-9-14(2)23-20(17(13)11-21)29-12-19(26)24-15-5-3-6-16(10-15)30(27,28)25-18-7-4-8-22-18/h3,5-6,9-10H,4,7-8,12H2,1-2H3,(H,22,25)(H,24,26). The molecule has 0 radical (unpaired) electrons. The monoisotopic (exact) mass is 443 g/mol. The molecule has 30 heavy (non-hydrogen) atoms. The predicted octanol–water partition coefficient (Wildman–Crippen LogP) is 2.77. The molecule has 0 atom stereocenters. The average molecular weight is 444 g/mol. The van der Waals surface area contributed by atoms with E-state index in [9.17, 15) is 18.5 Å². The highest BCUT2D eigenvalue weighted by atomic mass is 32.2. The molecule has 0 saturated carbocycles. The molecule has 1 aliphatic heterocycles. The minimum Gasteiger partial charge on any atom is -0.325 e. The predicted molar refractivity (Wildman–Crippen MR) is 116 cm³/mol. The summed E-state index contributed by atoms with van der Waals surface area (Å²) < 4.78 is 27.5. The molecule has 8 nitrogen and oxygen atoms in total. The Morgan fingerprint density at radius 2 is 2.10 bits per heavy atom. The summed E-state index contributed by atoms with van der Waals surface area (Å²) in [6.45, 7) is 4.28. The van der Waals surface area contributed by atoms with E-state index >= 15 is 0 Å². The molecule has 2 heterocycles. The van der Waals surface area contributed by atoms with E-state index in [0.29, 0.717) is 35.1 Å². The van der Waals surface area contributed by atoms with Crippen LogP contribution in [0.15, 0.2) is 45.2 Å². The Kier molecular flexibility index (Phi) is 6.74. The molecule has 0 aliphatic carbocycles. The molecule has 0 fully saturated rings. The quantitative estimate of drug-likeness (QED) is 0.662. The smallest absolute Gasteiger partial charge is 0.262 e. The van der Waals surface area contributed by atoms with Crippen molar-refractivity contribution in [2.24, 2.45) is 4.99 Å². The number of carbonyl (C=O) groups excluding carboxylic acids is 1. The Bertz CT molecular complexity index is 1150. The molecular formula is C20H21N5O3S2. The first-order valence-electron chi connectivity index (χ1n) is 9.25. The fraction of sp³-hybridized carbons (Fsp3) is 0.300. The molecule has 2 N–H and O–H groups in total. The molecule has 1 aromatic heterocycles. The number of amidine groups is 1. The van der Waals surface area contributed by atoms with E-state index in [1.54, 1.807) is 12.1 Å². The van der Waals surface area contributed by atoms with Gasteiger partial charge in [0.1, 0.15) is 16.9 Å². The number of thioether (sulfide) groups is 1. The van der Waals surface area contributed by atoms with Crippen LogP contribution in [0.1, 0.15) is 29.7 Å². The van der Waals surface area contributed by atoms with Crippen LogP contribution in [0.4, 0.5) is 5.69 Å². The summed E-state index contributed by atoms with van der Waals surface area (Å²) in [4.78, 5) is 20.9. The van der Waals surface area contributed by atoms with E-state index in [2.05, 4.69) is 26.1 Å². The number of sulfonamides is 1. The van der Waals surface area contributed by atoms with Gasteiger partial charge in [-0.05, 0) is 50.1 Å². The average Bonchev–Trinajstić information content (AvgIpc) is 3.18. The van der Waals surface area contributed by atoms with Gasteiger partial charge in [-0.1, -0.05) is 17.8 Å². The van der Waals surface area contributed by atoms with Gasteiger partial charge >= 0.3 is 0 Å². The van der Waals surface area contributed by atoms with E-state index in [1.165, 1.54) is 23.9 Å². The van der Waals surface area contributed by atoms with Crippen LogP contribution in [-0.4, -0.2) is 37.4 Å². The molecule has 1 aliphatic rings. The number of hydrogen-bond donors (Lipinski definition) is 2. The normalized spacial score (nSPS) is 13.4. The lowest BCUT2D eigenvalue weighted by Crippen LogP contribution is -2.29. The van der Waals surface area contributed by atoms with E-state index < -0.39 is 10.0 Å². The number of nitrogens with zero attached hydrogens (tertiary/aromatic N) is 3. The second-order valence-electron chi connectivity index (χ2n) is 6.77. The van der Waals surface area contributed by atoms with E-state index in [0.717, 1.165) is 17.7 Å². The Labute approximate surface area is 179 Å². The van der Waals surface area contributed by atoms with Crippen LogP contribution in [0.5, 0.6) is 0 Å². The third-order valence-corrected chi connectivity index (χ3v) is 6.67. The van der Waals surface area contributed by atoms with Gasteiger partial charge in [-0.2, -0.15) is 5.26 Å². The zero-order chi connectivity index (χ0) is 21.7. The van der Waals surface area contributed by atoms with Crippen LogP contribution < -0.4 is 10.0 Å². The number of carbonyl (C=O) groups is 1. The molecule has 0 bridgehead atoms. The SMILES string of the molecule is Cc1cc(C)c(C#N)c(SCC(=O)Nc2cccc(S(=O)(=O)NC3=NCCC3)c2)n1. The Morgan fingerprint density at radius 1 is 1.30 bits per heavy atom. The van der Waals surface area contributed by atoms with E-state index in [-0.39, 0.29) is 16.6 Å². The number of hydrogen-bond acceptors (Lipinski definition) is 7. The fourth-order valence-corrected chi connectivity index (χ4v) is 4.99. The van der Waals surface area contributed by atoms with Gasteiger partial charge in [0.2, 0.25) is 5.91 Å². The van der Waals surface area contributed by atoms with Crippen molar-refractivity contribution in [3.63, 3.8) is 0 Å². The lowest BCUT2D eigenvalue weighted by molar-refractivity contribution is -0.113. The zero-order valence-electron chi connectivity index (χ0n) is 16.6. The lowest BCUT2D eigenvalue weighted by Gasteiger charge is -2.10. The molecule has 3 rings (SSSR count). The van der Waals surface area contributed by atoms with Gasteiger partial charge in [0.15, 0.2) is 0 Å². The molecule has 156 valence electrons. The highest BCUT2D eigenvalue weighted by Gasteiger charge is 2.19.